The SMILES string of the molecule is Cc1cc(Br)c(NCCCCOc2ccc3ccccc3c2)c(C(=O)O)c1. The Morgan fingerprint density at radius 2 is 1.85 bits per heavy atom. The molecule has 5 heteroatoms. The number of carbonyl (C=O) groups is 1. The summed E-state index contributed by atoms with van der Waals surface area (Å²) in [4.78, 5) is 11.4. The van der Waals surface area contributed by atoms with Gasteiger partial charge in [0.25, 0.3) is 0 Å². The lowest BCUT2D eigenvalue weighted by atomic mass is 10.1. The minimum Gasteiger partial charge on any atom is -0.494 e. The van der Waals surface area contributed by atoms with E-state index in [0.29, 0.717) is 18.8 Å². The average molecular weight is 428 g/mol. The number of hydrogen-bond acceptors (Lipinski definition) is 3. The monoisotopic (exact) mass is 427 g/mol. The van der Waals surface area contributed by atoms with Crippen LogP contribution < -0.4 is 10.1 Å². The van der Waals surface area contributed by atoms with Gasteiger partial charge in [-0.1, -0.05) is 30.3 Å². The summed E-state index contributed by atoms with van der Waals surface area (Å²) in [5.74, 6) is -0.0577. The number of halogens is 1. The quantitative estimate of drug-likeness (QED) is 0.440. The van der Waals surface area contributed by atoms with E-state index in [1.807, 2.05) is 31.2 Å². The van der Waals surface area contributed by atoms with Gasteiger partial charge in [0.1, 0.15) is 5.75 Å². The number of carboxylic acid groups (broad SMARTS) is 1. The summed E-state index contributed by atoms with van der Waals surface area (Å²) in [7, 11) is 0. The highest BCUT2D eigenvalue weighted by atomic mass is 79.9. The van der Waals surface area contributed by atoms with Crippen LogP contribution in [0.3, 0.4) is 0 Å². The van der Waals surface area contributed by atoms with Gasteiger partial charge in [-0.3, -0.25) is 0 Å². The molecule has 0 aliphatic carbocycles. The smallest absolute Gasteiger partial charge is 0.337 e. The Hall–Kier alpha value is -2.53. The number of aromatic carboxylic acids is 1. The third kappa shape index (κ3) is 5.01. The van der Waals surface area contributed by atoms with Gasteiger partial charge in [-0.15, -0.1) is 0 Å². The molecule has 0 radical (unpaired) electrons. The minimum atomic E-state index is -0.929. The Morgan fingerprint density at radius 3 is 2.63 bits per heavy atom. The van der Waals surface area contributed by atoms with Crippen LogP contribution in [0.1, 0.15) is 28.8 Å². The maximum Gasteiger partial charge on any atom is 0.337 e. The van der Waals surface area contributed by atoms with Gasteiger partial charge in [0.05, 0.1) is 17.9 Å². The normalized spacial score (nSPS) is 10.7. The van der Waals surface area contributed by atoms with Gasteiger partial charge >= 0.3 is 5.97 Å². The van der Waals surface area contributed by atoms with Gasteiger partial charge in [-0.2, -0.15) is 0 Å². The van der Waals surface area contributed by atoms with E-state index in [2.05, 4.69) is 45.5 Å². The second-order valence-corrected chi connectivity index (χ2v) is 7.32. The van der Waals surface area contributed by atoms with Crippen LogP contribution in [-0.2, 0) is 0 Å². The van der Waals surface area contributed by atoms with Crippen LogP contribution in [0.5, 0.6) is 5.75 Å². The number of rotatable bonds is 8. The predicted molar refractivity (Wildman–Crippen MR) is 113 cm³/mol. The molecule has 140 valence electrons. The van der Waals surface area contributed by atoms with E-state index in [1.54, 1.807) is 6.07 Å². The molecule has 0 atom stereocenters. The lowest BCUT2D eigenvalue weighted by Gasteiger charge is -2.13. The summed E-state index contributed by atoms with van der Waals surface area (Å²) in [6.45, 7) is 3.19. The van der Waals surface area contributed by atoms with E-state index >= 15 is 0 Å². The highest BCUT2D eigenvalue weighted by Crippen LogP contribution is 2.28. The first-order valence-corrected chi connectivity index (χ1v) is 9.73. The summed E-state index contributed by atoms with van der Waals surface area (Å²) in [5.41, 5.74) is 1.83. The molecule has 0 saturated heterocycles. The van der Waals surface area contributed by atoms with Crippen LogP contribution >= 0.6 is 15.9 Å². The Kier molecular flexibility index (Phi) is 6.35. The predicted octanol–water partition coefficient (Wildman–Crippen LogP) is 5.88. The van der Waals surface area contributed by atoms with E-state index in [0.717, 1.165) is 28.6 Å². The number of nitrogens with one attached hydrogen (secondary N) is 1. The first kappa shape index (κ1) is 19.2. The van der Waals surface area contributed by atoms with Crippen molar-refractivity contribution in [3.05, 3.63) is 70.2 Å². The van der Waals surface area contributed by atoms with Crippen molar-refractivity contribution in [1.29, 1.82) is 0 Å². The molecule has 27 heavy (non-hydrogen) atoms. The highest BCUT2D eigenvalue weighted by Gasteiger charge is 2.13. The van der Waals surface area contributed by atoms with Crippen molar-refractivity contribution in [3.8, 4) is 5.75 Å². The number of benzene rings is 3. The maximum absolute atomic E-state index is 11.4. The molecule has 0 saturated carbocycles. The second-order valence-electron chi connectivity index (χ2n) is 6.47. The number of unbranched alkanes of at least 4 members (excludes halogenated alkanes) is 1. The topological polar surface area (TPSA) is 58.6 Å². The summed E-state index contributed by atoms with van der Waals surface area (Å²) < 4.78 is 6.61. The molecule has 0 aliphatic rings. The molecule has 0 fully saturated rings. The summed E-state index contributed by atoms with van der Waals surface area (Å²) in [6, 6.07) is 17.9. The molecule has 3 rings (SSSR count). The third-order valence-corrected chi connectivity index (χ3v) is 4.95. The van der Waals surface area contributed by atoms with Crippen molar-refractivity contribution in [2.75, 3.05) is 18.5 Å². The van der Waals surface area contributed by atoms with Crippen molar-refractivity contribution < 1.29 is 14.6 Å². The number of hydrogen-bond donors (Lipinski definition) is 2. The number of fused-ring (bicyclic) bond motifs is 1. The summed E-state index contributed by atoms with van der Waals surface area (Å²) >= 11 is 3.45. The van der Waals surface area contributed by atoms with Crippen LogP contribution in [0.2, 0.25) is 0 Å². The van der Waals surface area contributed by atoms with Crippen molar-refractivity contribution in [2.45, 2.75) is 19.8 Å². The molecule has 3 aromatic rings. The average Bonchev–Trinajstić information content (AvgIpc) is 2.65. The number of ether oxygens (including phenoxy) is 1. The standard InChI is InChI=1S/C22H22BrNO3/c1-15-12-19(22(25)26)21(20(23)13-15)24-10-4-5-11-27-18-9-8-16-6-2-3-7-17(16)14-18/h2-3,6-9,12-14,24H,4-5,10-11H2,1H3,(H,25,26). The van der Waals surface area contributed by atoms with Crippen LogP contribution in [0.4, 0.5) is 5.69 Å². The Balaban J connectivity index is 1.47. The van der Waals surface area contributed by atoms with Crippen molar-refractivity contribution >= 4 is 38.4 Å². The van der Waals surface area contributed by atoms with Crippen LogP contribution in [0, 0.1) is 6.92 Å². The van der Waals surface area contributed by atoms with Gasteiger partial charge in [-0.05, 0) is 76.3 Å². The van der Waals surface area contributed by atoms with Gasteiger partial charge in [0.15, 0.2) is 0 Å². The molecular weight excluding hydrogens is 406 g/mol. The van der Waals surface area contributed by atoms with Crippen LogP contribution in [0.25, 0.3) is 10.8 Å². The molecule has 0 spiro atoms. The number of carboxylic acids is 1. The molecule has 3 aromatic carbocycles. The van der Waals surface area contributed by atoms with Gasteiger partial charge in [-0.25, -0.2) is 4.79 Å². The maximum atomic E-state index is 11.4. The van der Waals surface area contributed by atoms with Gasteiger partial charge < -0.3 is 15.2 Å². The molecule has 0 bridgehead atoms. The fourth-order valence-electron chi connectivity index (χ4n) is 2.98. The zero-order valence-electron chi connectivity index (χ0n) is 15.2. The molecule has 4 nitrogen and oxygen atoms in total. The molecule has 0 aliphatic heterocycles. The number of anilines is 1. The van der Waals surface area contributed by atoms with Crippen LogP contribution in [-0.4, -0.2) is 24.2 Å². The zero-order valence-corrected chi connectivity index (χ0v) is 16.8. The Bertz CT molecular complexity index is 955. The van der Waals surface area contributed by atoms with E-state index < -0.39 is 5.97 Å². The van der Waals surface area contributed by atoms with E-state index in [9.17, 15) is 9.90 Å². The fourth-order valence-corrected chi connectivity index (χ4v) is 3.69. The van der Waals surface area contributed by atoms with Crippen molar-refractivity contribution in [1.82, 2.24) is 0 Å². The van der Waals surface area contributed by atoms with Gasteiger partial charge in [0.2, 0.25) is 0 Å². The Morgan fingerprint density at radius 1 is 1.07 bits per heavy atom. The molecular formula is C22H22BrNO3. The lowest BCUT2D eigenvalue weighted by molar-refractivity contribution is 0.0697. The van der Waals surface area contributed by atoms with Gasteiger partial charge in [0, 0.05) is 11.0 Å². The van der Waals surface area contributed by atoms with E-state index in [-0.39, 0.29) is 5.56 Å². The van der Waals surface area contributed by atoms with Crippen molar-refractivity contribution in [3.63, 3.8) is 0 Å². The lowest BCUT2D eigenvalue weighted by Crippen LogP contribution is -2.10. The molecule has 0 heterocycles. The van der Waals surface area contributed by atoms with Crippen LogP contribution in [0.15, 0.2) is 59.1 Å². The summed E-state index contributed by atoms with van der Waals surface area (Å²) in [5, 5.41) is 15.0. The minimum absolute atomic E-state index is 0.286. The molecule has 0 amide bonds. The molecule has 2 N–H and O–H groups in total. The van der Waals surface area contributed by atoms with E-state index in [4.69, 9.17) is 4.74 Å². The largest absolute Gasteiger partial charge is 0.494 e. The summed E-state index contributed by atoms with van der Waals surface area (Å²) in [6.07, 6.45) is 1.76. The first-order valence-electron chi connectivity index (χ1n) is 8.93. The second kappa shape index (κ2) is 8.91. The van der Waals surface area contributed by atoms with E-state index in [1.165, 1.54) is 10.8 Å². The fraction of sp³-hybridized carbons (Fsp3) is 0.227. The first-order chi connectivity index (χ1) is 13.0. The zero-order chi connectivity index (χ0) is 19.2. The molecule has 0 aromatic heterocycles. The Labute approximate surface area is 167 Å². The number of aryl methyl sites for hydroxylation is 1. The van der Waals surface area contributed by atoms with Crippen molar-refractivity contribution in [2.24, 2.45) is 0 Å². The molecule has 0 unspecified atom stereocenters. The highest BCUT2D eigenvalue weighted by molar-refractivity contribution is 9.10. The third-order valence-electron chi connectivity index (χ3n) is 4.33.